The summed E-state index contributed by atoms with van der Waals surface area (Å²) in [6.45, 7) is 3.67. The highest BCUT2D eigenvalue weighted by Gasteiger charge is 2.13. The van der Waals surface area contributed by atoms with E-state index in [-0.39, 0.29) is 0 Å². The molecule has 0 amide bonds. The molecule has 2 aromatic heterocycles. The number of aromatic nitrogens is 2. The fourth-order valence-corrected chi connectivity index (χ4v) is 2.05. The monoisotopic (exact) mass is 272 g/mol. The van der Waals surface area contributed by atoms with Gasteiger partial charge in [0.15, 0.2) is 0 Å². The smallest absolute Gasteiger partial charge is 0.139 e. The minimum absolute atomic E-state index is 0.372. The van der Waals surface area contributed by atoms with E-state index in [1.807, 2.05) is 24.3 Å². The molecule has 0 atom stereocenters. The van der Waals surface area contributed by atoms with Crippen LogP contribution in [0, 0.1) is 0 Å². The molecule has 2 rings (SSSR count). The van der Waals surface area contributed by atoms with Gasteiger partial charge >= 0.3 is 0 Å². The predicted octanol–water partition coefficient (Wildman–Crippen LogP) is 2.14. The summed E-state index contributed by atoms with van der Waals surface area (Å²) in [4.78, 5) is 10.9. The van der Waals surface area contributed by atoms with Crippen molar-refractivity contribution in [3.8, 4) is 0 Å². The second kappa shape index (κ2) is 6.24. The van der Waals surface area contributed by atoms with Gasteiger partial charge < -0.3 is 10.6 Å². The first-order valence-electron chi connectivity index (χ1n) is 6.11. The topological polar surface area (TPSA) is 55.0 Å². The first-order chi connectivity index (χ1) is 9.22. The first-order valence-corrected chi connectivity index (χ1v) is 6.52. The molecule has 0 saturated carbocycles. The van der Waals surface area contributed by atoms with Crippen LogP contribution in [0.15, 0.2) is 42.9 Å². The van der Waals surface area contributed by atoms with Gasteiger partial charge in [0.1, 0.15) is 10.8 Å². The Morgan fingerprint density at radius 3 is 2.63 bits per heavy atom. The molecule has 2 aromatic rings. The van der Waals surface area contributed by atoms with E-state index in [1.165, 1.54) is 5.56 Å². The molecule has 0 aromatic carbocycles. The van der Waals surface area contributed by atoms with Gasteiger partial charge in [-0.1, -0.05) is 12.2 Å². The van der Waals surface area contributed by atoms with Crippen LogP contribution in [0.3, 0.4) is 0 Å². The van der Waals surface area contributed by atoms with Gasteiger partial charge in [-0.15, -0.1) is 0 Å². The number of pyridine rings is 2. The molecule has 19 heavy (non-hydrogen) atoms. The van der Waals surface area contributed by atoms with Crippen molar-refractivity contribution in [2.45, 2.75) is 13.5 Å². The third-order valence-corrected chi connectivity index (χ3v) is 3.08. The van der Waals surface area contributed by atoms with Crippen molar-refractivity contribution in [1.82, 2.24) is 9.97 Å². The molecule has 0 aliphatic carbocycles. The molecule has 0 aliphatic rings. The van der Waals surface area contributed by atoms with Gasteiger partial charge in [-0.05, 0) is 36.8 Å². The highest BCUT2D eigenvalue weighted by Crippen LogP contribution is 2.19. The summed E-state index contributed by atoms with van der Waals surface area (Å²) in [5.74, 6) is 0.828. The molecule has 0 unspecified atom stereocenters. The van der Waals surface area contributed by atoms with Crippen LogP contribution in [0.25, 0.3) is 0 Å². The molecule has 2 N–H and O–H groups in total. The summed E-state index contributed by atoms with van der Waals surface area (Å²) in [6.07, 6.45) is 5.33. The van der Waals surface area contributed by atoms with Crippen LogP contribution in [-0.4, -0.2) is 21.5 Å². The third-order valence-electron chi connectivity index (χ3n) is 2.86. The SMILES string of the molecule is CCN(Cc1ccncc1)c1ncccc1C(N)=S. The molecule has 0 fully saturated rings. The van der Waals surface area contributed by atoms with E-state index in [0.29, 0.717) is 4.99 Å². The normalized spacial score (nSPS) is 10.2. The lowest BCUT2D eigenvalue weighted by atomic mass is 10.2. The van der Waals surface area contributed by atoms with Gasteiger partial charge in [0.05, 0.1) is 5.56 Å². The van der Waals surface area contributed by atoms with Crippen molar-refractivity contribution in [3.63, 3.8) is 0 Å². The van der Waals surface area contributed by atoms with Crippen LogP contribution < -0.4 is 10.6 Å². The third kappa shape index (κ3) is 3.26. The molecule has 98 valence electrons. The summed E-state index contributed by atoms with van der Waals surface area (Å²) >= 11 is 5.08. The van der Waals surface area contributed by atoms with Gasteiger partial charge in [0.2, 0.25) is 0 Å². The summed E-state index contributed by atoms with van der Waals surface area (Å²) < 4.78 is 0. The highest BCUT2D eigenvalue weighted by molar-refractivity contribution is 7.80. The van der Waals surface area contributed by atoms with E-state index in [0.717, 1.165) is 24.5 Å². The lowest BCUT2D eigenvalue weighted by Crippen LogP contribution is -2.26. The van der Waals surface area contributed by atoms with E-state index in [2.05, 4.69) is 21.8 Å². The van der Waals surface area contributed by atoms with Crippen LogP contribution in [0.2, 0.25) is 0 Å². The number of nitrogens with two attached hydrogens (primary N) is 1. The Kier molecular flexibility index (Phi) is 4.41. The number of anilines is 1. The highest BCUT2D eigenvalue weighted by atomic mass is 32.1. The zero-order valence-electron chi connectivity index (χ0n) is 10.8. The van der Waals surface area contributed by atoms with Gasteiger partial charge in [0.25, 0.3) is 0 Å². The lowest BCUT2D eigenvalue weighted by Gasteiger charge is -2.24. The summed E-state index contributed by atoms with van der Waals surface area (Å²) in [5.41, 5.74) is 7.75. The van der Waals surface area contributed by atoms with Gasteiger partial charge in [0, 0.05) is 31.7 Å². The van der Waals surface area contributed by atoms with Gasteiger partial charge in [-0.25, -0.2) is 4.98 Å². The molecule has 4 nitrogen and oxygen atoms in total. The molecule has 0 bridgehead atoms. The fraction of sp³-hybridized carbons (Fsp3) is 0.214. The summed E-state index contributed by atoms with van der Waals surface area (Å²) in [7, 11) is 0. The van der Waals surface area contributed by atoms with Crippen molar-refractivity contribution in [3.05, 3.63) is 54.0 Å². The zero-order chi connectivity index (χ0) is 13.7. The van der Waals surface area contributed by atoms with E-state index >= 15 is 0 Å². The number of thiocarbonyl (C=S) groups is 1. The molecule has 2 heterocycles. The second-order valence-corrected chi connectivity index (χ2v) is 4.55. The molecule has 0 aliphatic heterocycles. The Balaban J connectivity index is 2.30. The van der Waals surface area contributed by atoms with E-state index in [9.17, 15) is 0 Å². The molecule has 5 heteroatoms. The van der Waals surface area contributed by atoms with Crippen molar-refractivity contribution < 1.29 is 0 Å². The zero-order valence-corrected chi connectivity index (χ0v) is 11.6. The van der Waals surface area contributed by atoms with E-state index in [1.54, 1.807) is 18.6 Å². The molecule has 0 radical (unpaired) electrons. The van der Waals surface area contributed by atoms with Gasteiger partial charge in [-0.2, -0.15) is 0 Å². The summed E-state index contributed by atoms with van der Waals surface area (Å²) in [6, 6.07) is 7.73. The molecule has 0 saturated heterocycles. The van der Waals surface area contributed by atoms with Crippen molar-refractivity contribution in [2.75, 3.05) is 11.4 Å². The maximum absolute atomic E-state index is 5.76. The minimum Gasteiger partial charge on any atom is -0.389 e. The molecule has 0 spiro atoms. The second-order valence-electron chi connectivity index (χ2n) is 4.11. The van der Waals surface area contributed by atoms with Crippen molar-refractivity contribution in [2.24, 2.45) is 5.73 Å². The van der Waals surface area contributed by atoms with Crippen LogP contribution >= 0.6 is 12.2 Å². The van der Waals surface area contributed by atoms with Crippen LogP contribution in [-0.2, 0) is 6.54 Å². The number of rotatable bonds is 5. The Morgan fingerprint density at radius 1 is 1.26 bits per heavy atom. The largest absolute Gasteiger partial charge is 0.389 e. The molecular weight excluding hydrogens is 256 g/mol. The fourth-order valence-electron chi connectivity index (χ4n) is 1.89. The van der Waals surface area contributed by atoms with Crippen LogP contribution in [0.5, 0.6) is 0 Å². The van der Waals surface area contributed by atoms with Crippen molar-refractivity contribution in [1.29, 1.82) is 0 Å². The maximum Gasteiger partial charge on any atom is 0.139 e. The average Bonchev–Trinajstić information content (AvgIpc) is 2.46. The van der Waals surface area contributed by atoms with Crippen LogP contribution in [0.1, 0.15) is 18.1 Å². The number of nitrogens with zero attached hydrogens (tertiary/aromatic N) is 3. The standard InChI is InChI=1S/C14H16N4S/c1-2-18(10-11-5-8-16-9-6-11)14-12(13(15)19)4-3-7-17-14/h3-9H,2,10H2,1H3,(H2,15,19). The Morgan fingerprint density at radius 2 is 2.00 bits per heavy atom. The lowest BCUT2D eigenvalue weighted by molar-refractivity contribution is 0.811. The Hall–Kier alpha value is -2.01. The number of hydrogen-bond acceptors (Lipinski definition) is 4. The number of hydrogen-bond donors (Lipinski definition) is 1. The van der Waals surface area contributed by atoms with Crippen molar-refractivity contribution >= 4 is 23.0 Å². The van der Waals surface area contributed by atoms with Gasteiger partial charge in [-0.3, -0.25) is 4.98 Å². The maximum atomic E-state index is 5.76. The Labute approximate surface area is 118 Å². The van der Waals surface area contributed by atoms with E-state index in [4.69, 9.17) is 18.0 Å². The Bertz CT molecular complexity index is 556. The average molecular weight is 272 g/mol. The quantitative estimate of drug-likeness (QED) is 0.845. The first kappa shape index (κ1) is 13.4. The van der Waals surface area contributed by atoms with E-state index < -0.39 is 0 Å². The molecular formula is C14H16N4S. The minimum atomic E-state index is 0.372. The summed E-state index contributed by atoms with van der Waals surface area (Å²) in [5, 5.41) is 0. The van der Waals surface area contributed by atoms with Crippen LogP contribution in [0.4, 0.5) is 5.82 Å². The predicted molar refractivity (Wildman–Crippen MR) is 81.1 cm³/mol.